The van der Waals surface area contributed by atoms with Gasteiger partial charge in [0.05, 0.1) is 56.7 Å². The molecule has 0 saturated carbocycles. The third kappa shape index (κ3) is 19.5. The molecule has 0 aliphatic rings. The number of halogens is 9. The van der Waals surface area contributed by atoms with Crippen LogP contribution in [0.5, 0.6) is 17.2 Å². The highest BCUT2D eigenvalue weighted by Crippen LogP contribution is 2.36. The molecule has 4 unspecified atom stereocenters. The molecule has 0 aliphatic heterocycles. The van der Waals surface area contributed by atoms with Gasteiger partial charge in [0.15, 0.2) is 35.8 Å². The highest BCUT2D eigenvalue weighted by atomic mass is 32.2. The summed E-state index contributed by atoms with van der Waals surface area (Å²) in [6.45, 7) is 8.11. The second kappa shape index (κ2) is 30.5. The van der Waals surface area contributed by atoms with Crippen molar-refractivity contribution in [3.63, 3.8) is 0 Å². The minimum Gasteiger partial charge on any atom is -0.481 e. The zero-order valence-corrected chi connectivity index (χ0v) is 56.3. The average Bonchev–Trinajstić information content (AvgIpc) is 1.57. The van der Waals surface area contributed by atoms with Gasteiger partial charge in [0.2, 0.25) is 10.0 Å². The largest absolute Gasteiger partial charge is 0.481 e. The minimum atomic E-state index is -4.44. The molecule has 102 heavy (non-hydrogen) atoms. The number of anilines is 1. The van der Waals surface area contributed by atoms with Crippen molar-refractivity contribution < 1.29 is 72.4 Å². The summed E-state index contributed by atoms with van der Waals surface area (Å²) in [5.74, 6) is 19.3. The van der Waals surface area contributed by atoms with E-state index in [2.05, 4.69) is 70.1 Å². The van der Waals surface area contributed by atoms with Crippen LogP contribution in [0.25, 0.3) is 66.5 Å². The first-order valence-electron chi connectivity index (χ1n) is 31.4. The summed E-state index contributed by atoms with van der Waals surface area (Å²) in [6, 6.07) is 57.7. The van der Waals surface area contributed by atoms with Crippen molar-refractivity contribution in [1.29, 1.82) is 0 Å². The molecular formula is C78H64F9N7O7S. The molecule has 0 bridgehead atoms. The molecule has 0 aliphatic carbocycles. The molecule has 12 rings (SSSR count). The lowest BCUT2D eigenvalue weighted by molar-refractivity contribution is -0.189. The second-order valence-corrected chi connectivity index (χ2v) is 25.7. The predicted octanol–water partition coefficient (Wildman–Crippen LogP) is 17.5. The van der Waals surface area contributed by atoms with Crippen LogP contribution in [0.15, 0.2) is 200 Å². The van der Waals surface area contributed by atoms with Gasteiger partial charge < -0.3 is 39.4 Å². The molecule has 24 heteroatoms. The van der Waals surface area contributed by atoms with Crippen molar-refractivity contribution in [2.24, 2.45) is 0 Å². The first-order chi connectivity index (χ1) is 48.2. The first kappa shape index (κ1) is 73.2. The van der Waals surface area contributed by atoms with Crippen molar-refractivity contribution in [3.05, 3.63) is 245 Å². The van der Waals surface area contributed by atoms with Crippen LogP contribution < -0.4 is 18.9 Å². The quantitative estimate of drug-likeness (QED) is 0.0477. The van der Waals surface area contributed by atoms with Gasteiger partial charge in [-0.2, -0.15) is 39.5 Å². The fraction of sp³-hybridized carbons (Fsp3) is 0.192. The highest BCUT2D eigenvalue weighted by Gasteiger charge is 2.40. The topological polar surface area (TPSA) is 200 Å². The maximum absolute atomic E-state index is 12.6. The summed E-state index contributed by atoms with van der Waals surface area (Å²) in [4.78, 5) is 22.9. The Kier molecular flexibility index (Phi) is 21.9. The number of imidazole rings is 3. The maximum Gasteiger partial charge on any atom is 0.425 e. The van der Waals surface area contributed by atoms with Gasteiger partial charge >= 0.3 is 18.5 Å². The molecule has 0 amide bonds. The van der Waals surface area contributed by atoms with Crippen LogP contribution in [-0.2, 0) is 15.6 Å². The summed E-state index contributed by atoms with van der Waals surface area (Å²) in [7, 11) is -3.44. The van der Waals surface area contributed by atoms with Crippen LogP contribution >= 0.6 is 0 Å². The Morgan fingerprint density at radius 1 is 0.431 bits per heavy atom. The molecule has 0 radical (unpaired) electrons. The number of benzene rings is 9. The molecule has 12 aromatic rings. The van der Waals surface area contributed by atoms with Crippen molar-refractivity contribution in [3.8, 4) is 86.2 Å². The summed E-state index contributed by atoms with van der Waals surface area (Å²) >= 11 is 0. The minimum absolute atomic E-state index is 0.0993. The van der Waals surface area contributed by atoms with E-state index in [1.165, 1.54) is 36.4 Å². The molecule has 14 nitrogen and oxygen atoms in total. The van der Waals surface area contributed by atoms with Gasteiger partial charge in [-0.25, -0.2) is 23.4 Å². The van der Waals surface area contributed by atoms with Gasteiger partial charge in [-0.05, 0) is 214 Å². The van der Waals surface area contributed by atoms with Crippen molar-refractivity contribution in [2.75, 3.05) is 11.0 Å². The van der Waals surface area contributed by atoms with Crippen LogP contribution in [0.4, 0.5) is 45.2 Å². The molecular weight excluding hydrogens is 1350 g/mol. The van der Waals surface area contributed by atoms with E-state index in [9.17, 15) is 58.1 Å². The maximum atomic E-state index is 12.6. The van der Waals surface area contributed by atoms with Crippen molar-refractivity contribution in [1.82, 2.24) is 29.9 Å². The van der Waals surface area contributed by atoms with Crippen LogP contribution in [-0.4, -0.2) is 91.6 Å². The number of hydrogen-bond donors (Lipinski definition) is 6. The van der Waals surface area contributed by atoms with Gasteiger partial charge in [0, 0.05) is 22.3 Å². The summed E-state index contributed by atoms with van der Waals surface area (Å²) in [5.41, 5.74) is 12.7. The number of sulfonamides is 1. The first-order valence-corrected chi connectivity index (χ1v) is 33.3. The van der Waals surface area contributed by atoms with E-state index >= 15 is 0 Å². The third-order valence-electron chi connectivity index (χ3n) is 15.5. The van der Waals surface area contributed by atoms with Crippen LogP contribution in [0.3, 0.4) is 0 Å². The molecule has 3 aromatic heterocycles. The number of rotatable bonds is 13. The SMILES string of the molecule is CC(O)c1ccccc1-c1ccc2nc(C#Cc3ccc(OC(C)C(F)(F)F)cc3)[nH]c2c1.CC(Oc1ccc(C#Cc2nc3ccc(-c4ccccc4C(C)(C)O)cc3[nH]2)cc1)C(F)(F)F.CC(Oc1ccc(C#Cc2nc3ccc(-c4ccccc4NS(C)(=O)=O)cc3[nH]2)cc1)C(F)(F)F. The number of H-pyrrole nitrogens is 3. The lowest BCUT2D eigenvalue weighted by Gasteiger charge is -2.21. The number of aliphatic hydroxyl groups is 2. The standard InChI is InChI=1S/C27H23F3N2O2.C26H21F3N2O2.C25H20F3N3O3S/c1-17(27(28,29)30)34-20-12-8-18(9-13-20)10-15-25-31-23-14-11-19(16-24(23)32-25)21-6-4-5-7-22(21)26(2,3)33;1-16(32)21-5-3-4-6-22(21)19-10-13-23-24(15-19)31-25(30-23)14-9-18-7-11-20(12-8-18)33-17(2)26(27,28)29;1-16(25(26,27)28)34-19-11-7-17(8-12-19)9-14-24-29-22-13-10-18(15-23(22)30-24)20-5-3-4-6-21(20)31-35(2,32)33/h4-9,11-14,16-17,33H,1-3H3,(H,31,32);3-8,10-13,15-17,32H,1-2H3,(H,30,31);3-8,10-13,15-16,31H,1-2H3,(H,29,30). The molecule has 9 aromatic carbocycles. The Morgan fingerprint density at radius 3 is 1.11 bits per heavy atom. The molecule has 3 heterocycles. The van der Waals surface area contributed by atoms with Crippen molar-refractivity contribution in [2.45, 2.75) is 90.1 Å². The molecule has 4 atom stereocenters. The summed E-state index contributed by atoms with van der Waals surface area (Å²) in [5, 5.41) is 20.6. The zero-order chi connectivity index (χ0) is 73.3. The fourth-order valence-corrected chi connectivity index (χ4v) is 10.8. The number of fused-ring (bicyclic) bond motifs is 3. The van der Waals surface area contributed by atoms with E-state index in [4.69, 9.17) is 14.2 Å². The molecule has 0 fully saturated rings. The monoisotopic (exact) mass is 1410 g/mol. The number of aromatic nitrogens is 6. The normalized spacial score (nSPS) is 12.9. The predicted molar refractivity (Wildman–Crippen MR) is 375 cm³/mol. The van der Waals surface area contributed by atoms with Gasteiger partial charge in [-0.15, -0.1) is 0 Å². The zero-order valence-electron chi connectivity index (χ0n) is 55.4. The lowest BCUT2D eigenvalue weighted by Crippen LogP contribution is -2.31. The van der Waals surface area contributed by atoms with Crippen LogP contribution in [0.2, 0.25) is 0 Å². The number of ether oxygens (including phenoxy) is 3. The highest BCUT2D eigenvalue weighted by molar-refractivity contribution is 7.92. The number of alkyl halides is 9. The Labute approximate surface area is 581 Å². The van der Waals surface area contributed by atoms with E-state index in [1.54, 1.807) is 75.4 Å². The number of hydrogen-bond acceptors (Lipinski definition) is 10. The van der Waals surface area contributed by atoms with E-state index < -0.39 is 58.6 Å². The van der Waals surface area contributed by atoms with Gasteiger partial charge in [0.1, 0.15) is 17.2 Å². The number of nitrogens with zero attached hydrogens (tertiary/aromatic N) is 3. The smallest absolute Gasteiger partial charge is 0.425 e. The van der Waals surface area contributed by atoms with E-state index in [1.807, 2.05) is 109 Å². The Morgan fingerprint density at radius 2 is 0.755 bits per heavy atom. The van der Waals surface area contributed by atoms with Crippen LogP contribution in [0, 0.1) is 35.5 Å². The summed E-state index contributed by atoms with van der Waals surface area (Å²) in [6.07, 6.45) is -18.5. The number of aliphatic hydroxyl groups excluding tert-OH is 1. The third-order valence-corrected chi connectivity index (χ3v) is 16.0. The number of aromatic amines is 3. The van der Waals surface area contributed by atoms with Gasteiger partial charge in [-0.1, -0.05) is 103 Å². The Hall–Kier alpha value is -11.5. The lowest BCUT2D eigenvalue weighted by atomic mass is 9.89. The molecule has 0 spiro atoms. The number of nitrogens with one attached hydrogen (secondary N) is 4. The molecule has 522 valence electrons. The van der Waals surface area contributed by atoms with E-state index in [0.717, 1.165) is 88.0 Å². The van der Waals surface area contributed by atoms with E-state index in [-0.39, 0.29) is 17.2 Å². The second-order valence-electron chi connectivity index (χ2n) is 24.0. The van der Waals surface area contributed by atoms with Gasteiger partial charge in [0.25, 0.3) is 0 Å². The van der Waals surface area contributed by atoms with E-state index in [0.29, 0.717) is 56.4 Å². The summed E-state index contributed by atoms with van der Waals surface area (Å²) < 4.78 is 154. The van der Waals surface area contributed by atoms with Gasteiger partial charge in [-0.3, -0.25) is 4.72 Å². The Balaban J connectivity index is 0.000000165. The van der Waals surface area contributed by atoms with Crippen molar-refractivity contribution >= 4 is 48.8 Å². The Bertz CT molecular complexity index is 5280. The molecule has 6 N–H and O–H groups in total. The molecule has 0 saturated heterocycles. The average molecular weight is 1410 g/mol. The van der Waals surface area contributed by atoms with Crippen LogP contribution in [0.1, 0.15) is 92.9 Å². The number of para-hydroxylation sites is 1. The fourth-order valence-electron chi connectivity index (χ4n) is 10.2.